The number of hydrogen-bond acceptors (Lipinski definition) is 5. The molecule has 0 radical (unpaired) electrons. The van der Waals surface area contributed by atoms with Crippen molar-refractivity contribution >= 4 is 29.2 Å². The van der Waals surface area contributed by atoms with E-state index < -0.39 is 12.1 Å². The van der Waals surface area contributed by atoms with Gasteiger partial charge < -0.3 is 20.5 Å². The summed E-state index contributed by atoms with van der Waals surface area (Å²) in [4.78, 5) is 24.3. The van der Waals surface area contributed by atoms with Crippen LogP contribution < -0.4 is 15.8 Å². The molecule has 1 aromatic carbocycles. The molecule has 0 unspecified atom stereocenters. The highest BCUT2D eigenvalue weighted by Gasteiger charge is 2.25. The lowest BCUT2D eigenvalue weighted by Gasteiger charge is -2.18. The number of benzene rings is 1. The molecule has 23 heavy (non-hydrogen) atoms. The zero-order valence-corrected chi connectivity index (χ0v) is 14.0. The van der Waals surface area contributed by atoms with E-state index in [0.29, 0.717) is 5.69 Å². The third kappa shape index (κ3) is 4.28. The van der Waals surface area contributed by atoms with Crippen LogP contribution in [0.15, 0.2) is 12.1 Å². The van der Waals surface area contributed by atoms with Crippen molar-refractivity contribution in [3.63, 3.8) is 0 Å². The molecule has 7 heteroatoms. The van der Waals surface area contributed by atoms with E-state index in [2.05, 4.69) is 5.32 Å². The van der Waals surface area contributed by atoms with Crippen LogP contribution in [0.1, 0.15) is 43.0 Å². The summed E-state index contributed by atoms with van der Waals surface area (Å²) in [5, 5.41) is 3.11. The smallest absolute Gasteiger partial charge is 0.342 e. The third-order valence-corrected chi connectivity index (χ3v) is 4.22. The summed E-state index contributed by atoms with van der Waals surface area (Å²) in [6.07, 6.45) is 3.26. The number of halogens is 1. The standard InChI is InChI=1S/C16H21ClN2O4/c1-9(15(20)19-10-5-3-4-6-10)23-16(21)11-7-12(17)13(18)8-14(11)22-2/h7-10H,3-6,18H2,1-2H3,(H,19,20)/t9-/m0/s1. The molecule has 1 aliphatic carbocycles. The van der Waals surface area contributed by atoms with Crippen molar-refractivity contribution in [1.29, 1.82) is 0 Å². The first-order valence-electron chi connectivity index (χ1n) is 7.56. The highest BCUT2D eigenvalue weighted by Crippen LogP contribution is 2.29. The van der Waals surface area contributed by atoms with E-state index in [1.54, 1.807) is 0 Å². The van der Waals surface area contributed by atoms with Crippen LogP contribution >= 0.6 is 11.6 Å². The fraction of sp³-hybridized carbons (Fsp3) is 0.500. The number of esters is 1. The average molecular weight is 341 g/mol. The molecule has 6 nitrogen and oxygen atoms in total. The van der Waals surface area contributed by atoms with Gasteiger partial charge in [0.05, 0.1) is 17.8 Å². The Morgan fingerprint density at radius 3 is 2.61 bits per heavy atom. The first kappa shape index (κ1) is 17.4. The Kier molecular flexibility index (Phi) is 5.71. The van der Waals surface area contributed by atoms with Crippen LogP contribution in [0.3, 0.4) is 0 Å². The van der Waals surface area contributed by atoms with E-state index in [-0.39, 0.29) is 28.3 Å². The van der Waals surface area contributed by atoms with Gasteiger partial charge in [0.1, 0.15) is 11.3 Å². The Balaban J connectivity index is 2.03. The first-order chi connectivity index (χ1) is 10.9. The Bertz CT molecular complexity index is 600. The van der Waals surface area contributed by atoms with E-state index in [1.807, 2.05) is 0 Å². The van der Waals surface area contributed by atoms with Crippen LogP contribution in [0, 0.1) is 0 Å². The number of carbonyl (C=O) groups excluding carboxylic acids is 2. The maximum absolute atomic E-state index is 12.3. The number of anilines is 1. The van der Waals surface area contributed by atoms with Crippen LogP contribution in [0.5, 0.6) is 5.75 Å². The van der Waals surface area contributed by atoms with Gasteiger partial charge in [-0.1, -0.05) is 24.4 Å². The molecule has 1 amide bonds. The van der Waals surface area contributed by atoms with E-state index >= 15 is 0 Å². The van der Waals surface area contributed by atoms with Crippen LogP contribution in [0.4, 0.5) is 5.69 Å². The number of hydrogen-bond donors (Lipinski definition) is 2. The molecule has 1 fully saturated rings. The Labute approximate surface area is 140 Å². The van der Waals surface area contributed by atoms with Gasteiger partial charge in [0.2, 0.25) is 0 Å². The van der Waals surface area contributed by atoms with Crippen LogP contribution in [-0.2, 0) is 9.53 Å². The lowest BCUT2D eigenvalue weighted by atomic mass is 10.1. The van der Waals surface area contributed by atoms with E-state index in [9.17, 15) is 9.59 Å². The van der Waals surface area contributed by atoms with Crippen molar-refractivity contribution < 1.29 is 19.1 Å². The monoisotopic (exact) mass is 340 g/mol. The van der Waals surface area contributed by atoms with Crippen LogP contribution in [0.2, 0.25) is 5.02 Å². The molecule has 1 atom stereocenters. The quantitative estimate of drug-likeness (QED) is 0.635. The number of nitrogen functional groups attached to an aromatic ring is 1. The zero-order valence-electron chi connectivity index (χ0n) is 13.2. The summed E-state index contributed by atoms with van der Waals surface area (Å²) in [6.45, 7) is 1.54. The fourth-order valence-corrected chi connectivity index (χ4v) is 2.73. The molecule has 0 bridgehead atoms. The van der Waals surface area contributed by atoms with E-state index in [4.69, 9.17) is 26.8 Å². The van der Waals surface area contributed by atoms with Gasteiger partial charge in [-0.3, -0.25) is 4.79 Å². The van der Waals surface area contributed by atoms with Gasteiger partial charge in [0, 0.05) is 12.1 Å². The predicted octanol–water partition coefficient (Wildman–Crippen LogP) is 2.53. The summed E-state index contributed by atoms with van der Waals surface area (Å²) in [5.41, 5.74) is 6.11. The van der Waals surface area contributed by atoms with Crippen LogP contribution in [-0.4, -0.2) is 31.1 Å². The summed E-state index contributed by atoms with van der Waals surface area (Å²) in [7, 11) is 1.41. The second kappa shape index (κ2) is 7.55. The number of amides is 1. The molecule has 0 heterocycles. The minimum atomic E-state index is -0.899. The number of nitrogens with two attached hydrogens (primary N) is 1. The van der Waals surface area contributed by atoms with Gasteiger partial charge >= 0.3 is 5.97 Å². The number of ether oxygens (including phenoxy) is 2. The number of nitrogens with one attached hydrogen (secondary N) is 1. The zero-order chi connectivity index (χ0) is 17.0. The Hall–Kier alpha value is -1.95. The second-order valence-electron chi connectivity index (χ2n) is 5.61. The Morgan fingerprint density at radius 1 is 1.35 bits per heavy atom. The highest BCUT2D eigenvalue weighted by atomic mass is 35.5. The van der Waals surface area contributed by atoms with Crippen LogP contribution in [0.25, 0.3) is 0 Å². The number of carbonyl (C=O) groups is 2. The molecule has 1 aliphatic rings. The topological polar surface area (TPSA) is 90.7 Å². The molecule has 0 spiro atoms. The van der Waals surface area contributed by atoms with Gasteiger partial charge in [-0.2, -0.15) is 0 Å². The molecule has 1 saturated carbocycles. The molecule has 0 aliphatic heterocycles. The maximum atomic E-state index is 12.3. The summed E-state index contributed by atoms with van der Waals surface area (Å²) in [5.74, 6) is -0.733. The molecule has 126 valence electrons. The minimum absolute atomic E-state index is 0.132. The predicted molar refractivity (Wildman–Crippen MR) is 87.7 cm³/mol. The molecular formula is C16H21ClN2O4. The molecule has 3 N–H and O–H groups in total. The van der Waals surface area contributed by atoms with Gasteiger partial charge in [-0.05, 0) is 25.8 Å². The molecule has 0 saturated heterocycles. The third-order valence-electron chi connectivity index (χ3n) is 3.89. The van der Waals surface area contributed by atoms with Gasteiger partial charge in [-0.25, -0.2) is 4.79 Å². The maximum Gasteiger partial charge on any atom is 0.342 e. The summed E-state index contributed by atoms with van der Waals surface area (Å²) < 4.78 is 10.3. The Morgan fingerprint density at radius 2 is 2.00 bits per heavy atom. The molecule has 2 rings (SSSR count). The largest absolute Gasteiger partial charge is 0.496 e. The normalized spacial score (nSPS) is 16.0. The molecular weight excluding hydrogens is 320 g/mol. The van der Waals surface area contributed by atoms with E-state index in [1.165, 1.54) is 26.2 Å². The molecule has 1 aromatic rings. The average Bonchev–Trinajstić information content (AvgIpc) is 3.02. The highest BCUT2D eigenvalue weighted by molar-refractivity contribution is 6.33. The van der Waals surface area contributed by atoms with Crippen molar-refractivity contribution in [2.75, 3.05) is 12.8 Å². The van der Waals surface area contributed by atoms with Crippen molar-refractivity contribution in [2.45, 2.75) is 44.8 Å². The first-order valence-corrected chi connectivity index (χ1v) is 7.94. The number of methoxy groups -OCH3 is 1. The lowest BCUT2D eigenvalue weighted by molar-refractivity contribution is -0.129. The summed E-state index contributed by atoms with van der Waals surface area (Å²) in [6, 6.07) is 2.99. The lowest BCUT2D eigenvalue weighted by Crippen LogP contribution is -2.40. The molecule has 0 aromatic heterocycles. The van der Waals surface area contributed by atoms with Crippen molar-refractivity contribution in [1.82, 2.24) is 5.32 Å². The fourth-order valence-electron chi connectivity index (χ4n) is 2.56. The van der Waals surface area contributed by atoms with Gasteiger partial charge in [-0.15, -0.1) is 0 Å². The van der Waals surface area contributed by atoms with Gasteiger partial charge in [0.15, 0.2) is 6.10 Å². The van der Waals surface area contributed by atoms with Gasteiger partial charge in [0.25, 0.3) is 5.91 Å². The SMILES string of the molecule is COc1cc(N)c(Cl)cc1C(=O)O[C@@H](C)C(=O)NC1CCCC1. The van der Waals surface area contributed by atoms with Crippen molar-refractivity contribution in [3.05, 3.63) is 22.7 Å². The van der Waals surface area contributed by atoms with Crippen molar-refractivity contribution in [3.8, 4) is 5.75 Å². The van der Waals surface area contributed by atoms with E-state index in [0.717, 1.165) is 25.7 Å². The minimum Gasteiger partial charge on any atom is -0.496 e. The number of rotatable bonds is 5. The van der Waals surface area contributed by atoms with Crippen molar-refractivity contribution in [2.24, 2.45) is 0 Å². The second-order valence-corrected chi connectivity index (χ2v) is 6.02. The summed E-state index contributed by atoms with van der Waals surface area (Å²) >= 11 is 5.93.